The third-order valence-electron chi connectivity index (χ3n) is 4.89. The standard InChI is InChI=1S/C23H22N4O2/c1-15-12-17-6-3-4-9-21(17)27(15)23(29)18-10-11-24-22(13-18)26-20-8-5-7-19(14-20)25-16(2)28/h3-11,13-15H,12H2,1-2H3,(H,24,26)(H,25,28). The zero-order chi connectivity index (χ0) is 20.4. The SMILES string of the molecule is CC(=O)Nc1cccc(Nc2cc(C(=O)N3c4ccccc4CC3C)ccn2)c1. The Kier molecular flexibility index (Phi) is 4.99. The van der Waals surface area contributed by atoms with Gasteiger partial charge in [-0.1, -0.05) is 24.3 Å². The van der Waals surface area contributed by atoms with Gasteiger partial charge >= 0.3 is 0 Å². The van der Waals surface area contributed by atoms with Crippen LogP contribution in [-0.2, 0) is 11.2 Å². The van der Waals surface area contributed by atoms with Crippen LogP contribution in [0.1, 0.15) is 29.8 Å². The Morgan fingerprint density at radius 2 is 1.83 bits per heavy atom. The predicted molar refractivity (Wildman–Crippen MR) is 115 cm³/mol. The van der Waals surface area contributed by atoms with Gasteiger partial charge in [-0.15, -0.1) is 0 Å². The van der Waals surface area contributed by atoms with Crippen molar-refractivity contribution in [1.82, 2.24) is 4.98 Å². The van der Waals surface area contributed by atoms with E-state index in [9.17, 15) is 9.59 Å². The van der Waals surface area contributed by atoms with Crippen molar-refractivity contribution in [3.05, 3.63) is 78.0 Å². The molecule has 2 aromatic carbocycles. The molecule has 0 spiro atoms. The summed E-state index contributed by atoms with van der Waals surface area (Å²) < 4.78 is 0. The second-order valence-electron chi connectivity index (χ2n) is 7.17. The number of hydrogen-bond donors (Lipinski definition) is 2. The molecule has 0 fully saturated rings. The fraction of sp³-hybridized carbons (Fsp3) is 0.174. The Hall–Kier alpha value is -3.67. The van der Waals surface area contributed by atoms with Crippen LogP contribution >= 0.6 is 0 Å². The van der Waals surface area contributed by atoms with Gasteiger partial charge in [0.15, 0.2) is 0 Å². The summed E-state index contributed by atoms with van der Waals surface area (Å²) in [6, 6.07) is 19.0. The molecular formula is C23H22N4O2. The quantitative estimate of drug-likeness (QED) is 0.698. The molecule has 4 rings (SSSR count). The Balaban J connectivity index is 1.57. The number of carbonyl (C=O) groups is 2. The number of aromatic nitrogens is 1. The van der Waals surface area contributed by atoms with E-state index in [0.717, 1.165) is 17.8 Å². The van der Waals surface area contributed by atoms with Crippen LogP contribution in [-0.4, -0.2) is 22.8 Å². The Labute approximate surface area is 169 Å². The van der Waals surface area contributed by atoms with Gasteiger partial charge in [-0.3, -0.25) is 9.59 Å². The highest BCUT2D eigenvalue weighted by Crippen LogP contribution is 2.33. The van der Waals surface area contributed by atoms with E-state index in [1.54, 1.807) is 18.3 Å². The number of hydrogen-bond acceptors (Lipinski definition) is 4. The van der Waals surface area contributed by atoms with Crippen LogP contribution in [0.3, 0.4) is 0 Å². The Bertz CT molecular complexity index is 1080. The fourth-order valence-corrected chi connectivity index (χ4v) is 3.67. The number of fused-ring (bicyclic) bond motifs is 1. The molecule has 2 heterocycles. The second kappa shape index (κ2) is 7.75. The molecule has 6 nitrogen and oxygen atoms in total. The van der Waals surface area contributed by atoms with Crippen LogP contribution in [0.2, 0.25) is 0 Å². The summed E-state index contributed by atoms with van der Waals surface area (Å²) in [6.45, 7) is 3.53. The lowest BCUT2D eigenvalue weighted by Crippen LogP contribution is -2.35. The van der Waals surface area contributed by atoms with Crippen molar-refractivity contribution in [2.24, 2.45) is 0 Å². The molecule has 0 radical (unpaired) electrons. The maximum atomic E-state index is 13.2. The van der Waals surface area contributed by atoms with E-state index in [1.807, 2.05) is 47.4 Å². The summed E-state index contributed by atoms with van der Waals surface area (Å²) in [5.74, 6) is 0.392. The van der Waals surface area contributed by atoms with E-state index in [2.05, 4.69) is 28.6 Å². The van der Waals surface area contributed by atoms with E-state index in [4.69, 9.17) is 0 Å². The first-order valence-electron chi connectivity index (χ1n) is 9.53. The zero-order valence-corrected chi connectivity index (χ0v) is 16.3. The summed E-state index contributed by atoms with van der Waals surface area (Å²) in [5.41, 5.74) is 4.20. The molecule has 1 aromatic heterocycles. The van der Waals surface area contributed by atoms with Gasteiger partial charge in [0, 0.05) is 41.8 Å². The topological polar surface area (TPSA) is 74.3 Å². The number of carbonyl (C=O) groups excluding carboxylic acids is 2. The second-order valence-corrected chi connectivity index (χ2v) is 7.17. The molecule has 0 saturated carbocycles. The molecule has 0 saturated heterocycles. The first-order chi connectivity index (χ1) is 14.0. The van der Waals surface area contributed by atoms with Crippen molar-refractivity contribution in [2.45, 2.75) is 26.3 Å². The van der Waals surface area contributed by atoms with Crippen molar-refractivity contribution in [3.63, 3.8) is 0 Å². The van der Waals surface area contributed by atoms with Crippen molar-refractivity contribution in [1.29, 1.82) is 0 Å². The third kappa shape index (κ3) is 3.96. The van der Waals surface area contributed by atoms with Crippen LogP contribution in [0.4, 0.5) is 22.9 Å². The first-order valence-corrected chi connectivity index (χ1v) is 9.53. The molecular weight excluding hydrogens is 364 g/mol. The number of para-hydroxylation sites is 1. The number of pyridine rings is 1. The fourth-order valence-electron chi connectivity index (χ4n) is 3.67. The highest BCUT2D eigenvalue weighted by atomic mass is 16.2. The zero-order valence-electron chi connectivity index (χ0n) is 16.3. The molecule has 1 aliphatic heterocycles. The van der Waals surface area contributed by atoms with Gasteiger partial charge in [-0.05, 0) is 55.3 Å². The van der Waals surface area contributed by atoms with Gasteiger partial charge in [0.1, 0.15) is 5.82 Å². The largest absolute Gasteiger partial charge is 0.340 e. The lowest BCUT2D eigenvalue weighted by atomic mass is 10.1. The highest BCUT2D eigenvalue weighted by molar-refractivity contribution is 6.08. The summed E-state index contributed by atoms with van der Waals surface area (Å²) >= 11 is 0. The number of nitrogens with zero attached hydrogens (tertiary/aromatic N) is 2. The lowest BCUT2D eigenvalue weighted by molar-refractivity contribution is -0.114. The first kappa shape index (κ1) is 18.7. The number of rotatable bonds is 4. The molecule has 1 unspecified atom stereocenters. The van der Waals surface area contributed by atoms with Gasteiger partial charge in [0.25, 0.3) is 5.91 Å². The minimum absolute atomic E-state index is 0.0418. The molecule has 1 atom stereocenters. The van der Waals surface area contributed by atoms with Crippen molar-refractivity contribution >= 4 is 34.7 Å². The smallest absolute Gasteiger partial charge is 0.258 e. The minimum atomic E-state index is -0.132. The molecule has 3 aromatic rings. The summed E-state index contributed by atoms with van der Waals surface area (Å²) in [6.07, 6.45) is 2.48. The Morgan fingerprint density at radius 3 is 2.66 bits per heavy atom. The van der Waals surface area contributed by atoms with Crippen LogP contribution < -0.4 is 15.5 Å². The van der Waals surface area contributed by atoms with Crippen LogP contribution in [0, 0.1) is 0 Å². The van der Waals surface area contributed by atoms with Gasteiger partial charge in [-0.2, -0.15) is 0 Å². The maximum Gasteiger partial charge on any atom is 0.258 e. The van der Waals surface area contributed by atoms with E-state index in [-0.39, 0.29) is 17.9 Å². The highest BCUT2D eigenvalue weighted by Gasteiger charge is 2.31. The molecule has 0 bridgehead atoms. The Morgan fingerprint density at radius 1 is 1.03 bits per heavy atom. The summed E-state index contributed by atoms with van der Waals surface area (Å²) in [7, 11) is 0. The van der Waals surface area contributed by atoms with E-state index >= 15 is 0 Å². The van der Waals surface area contributed by atoms with E-state index < -0.39 is 0 Å². The summed E-state index contributed by atoms with van der Waals surface area (Å²) in [4.78, 5) is 30.7. The average Bonchev–Trinajstić information content (AvgIpc) is 3.03. The van der Waals surface area contributed by atoms with Gasteiger partial charge in [0.2, 0.25) is 5.91 Å². The van der Waals surface area contributed by atoms with Crippen molar-refractivity contribution in [3.8, 4) is 0 Å². The van der Waals surface area contributed by atoms with Gasteiger partial charge in [0.05, 0.1) is 0 Å². The molecule has 6 heteroatoms. The normalized spacial score (nSPS) is 15.0. The van der Waals surface area contributed by atoms with Crippen LogP contribution in [0.5, 0.6) is 0 Å². The molecule has 146 valence electrons. The molecule has 2 N–H and O–H groups in total. The number of nitrogens with one attached hydrogen (secondary N) is 2. The van der Waals surface area contributed by atoms with Crippen LogP contribution in [0.15, 0.2) is 66.9 Å². The minimum Gasteiger partial charge on any atom is -0.340 e. The number of benzene rings is 2. The van der Waals surface area contributed by atoms with Crippen molar-refractivity contribution < 1.29 is 9.59 Å². The average molecular weight is 386 g/mol. The maximum absolute atomic E-state index is 13.2. The number of anilines is 4. The van der Waals surface area contributed by atoms with Gasteiger partial charge < -0.3 is 15.5 Å². The van der Waals surface area contributed by atoms with Gasteiger partial charge in [-0.25, -0.2) is 4.98 Å². The predicted octanol–water partition coefficient (Wildman–Crippen LogP) is 4.38. The molecule has 29 heavy (non-hydrogen) atoms. The van der Waals surface area contributed by atoms with Crippen LogP contribution in [0.25, 0.3) is 0 Å². The molecule has 1 aliphatic rings. The van der Waals surface area contributed by atoms with Crippen molar-refractivity contribution in [2.75, 3.05) is 15.5 Å². The lowest BCUT2D eigenvalue weighted by Gasteiger charge is -2.23. The number of amides is 2. The van der Waals surface area contributed by atoms with E-state index in [1.165, 1.54) is 12.5 Å². The molecule has 0 aliphatic carbocycles. The monoisotopic (exact) mass is 386 g/mol. The summed E-state index contributed by atoms with van der Waals surface area (Å²) in [5, 5.41) is 5.95. The third-order valence-corrected chi connectivity index (χ3v) is 4.89. The van der Waals surface area contributed by atoms with E-state index in [0.29, 0.717) is 17.1 Å². The molecule has 2 amide bonds.